The molecule has 6 aromatic rings. The lowest BCUT2D eigenvalue weighted by atomic mass is 9.98. The molecule has 7 rings (SSSR count). The van der Waals surface area contributed by atoms with Crippen LogP contribution in [0.15, 0.2) is 42.5 Å². The number of ether oxygens (including phenoxy) is 2. The van der Waals surface area contributed by atoms with Crippen LogP contribution in [-0.2, 0) is 24.8 Å². The van der Waals surface area contributed by atoms with Crippen LogP contribution < -0.4 is 9.64 Å². The molecule has 294 valence electrons. The standard InChI is InChI=1S/C44H49Cl2N5O5/c1-23(2)29-19-30-21-36(44(53)54)49(14-16-55-9)40(30)35(20-29)50-22-26(5)51-41-33(12-13-34(45)38(41)37-27(6)47-48(8)28(37)7)32(42(51)43(50)52)11-10-15-56-31-17-24(3)39(46)25(4)18-31/h12-13,17-21,23,26H,10-11,14-16,22H2,1-9H3,(H,53,54)/t26-/m1/s1. The Balaban J connectivity index is 1.42. The lowest BCUT2D eigenvalue weighted by Crippen LogP contribution is -2.43. The molecule has 1 atom stereocenters. The zero-order valence-electron chi connectivity index (χ0n) is 33.5. The van der Waals surface area contributed by atoms with Gasteiger partial charge in [-0.05, 0) is 112 Å². The van der Waals surface area contributed by atoms with Gasteiger partial charge in [0.05, 0.1) is 40.7 Å². The van der Waals surface area contributed by atoms with Crippen LogP contribution in [0.5, 0.6) is 5.75 Å². The maximum absolute atomic E-state index is 15.4. The van der Waals surface area contributed by atoms with Crippen molar-refractivity contribution in [3.05, 3.63) is 97.5 Å². The number of aromatic nitrogens is 4. The molecule has 3 aromatic heterocycles. The number of halogens is 2. The number of carbonyl (C=O) groups is 2. The van der Waals surface area contributed by atoms with E-state index >= 15 is 4.79 Å². The minimum atomic E-state index is -1.04. The third-order valence-electron chi connectivity index (χ3n) is 11.3. The van der Waals surface area contributed by atoms with E-state index in [0.29, 0.717) is 61.1 Å². The van der Waals surface area contributed by atoms with Gasteiger partial charge < -0.3 is 28.6 Å². The van der Waals surface area contributed by atoms with Crippen molar-refractivity contribution in [1.82, 2.24) is 18.9 Å². The minimum Gasteiger partial charge on any atom is -0.494 e. The number of carbonyl (C=O) groups excluding carboxylic acids is 1. The predicted octanol–water partition coefficient (Wildman–Crippen LogP) is 10.2. The van der Waals surface area contributed by atoms with Crippen molar-refractivity contribution in [2.24, 2.45) is 7.05 Å². The maximum Gasteiger partial charge on any atom is 0.352 e. The van der Waals surface area contributed by atoms with Crippen molar-refractivity contribution >= 4 is 62.6 Å². The Hall–Kier alpha value is -4.77. The molecular formula is C44H49Cl2N5O5. The van der Waals surface area contributed by atoms with Gasteiger partial charge in [0.1, 0.15) is 17.1 Å². The van der Waals surface area contributed by atoms with Crippen LogP contribution in [0, 0.1) is 27.7 Å². The minimum absolute atomic E-state index is 0.136. The molecule has 1 amide bonds. The summed E-state index contributed by atoms with van der Waals surface area (Å²) < 4.78 is 17.5. The average Bonchev–Trinajstić information content (AvgIpc) is 3.77. The molecule has 56 heavy (non-hydrogen) atoms. The molecule has 0 bridgehead atoms. The van der Waals surface area contributed by atoms with Gasteiger partial charge in [0.25, 0.3) is 5.91 Å². The summed E-state index contributed by atoms with van der Waals surface area (Å²) in [6.45, 7) is 15.7. The molecule has 1 aliphatic heterocycles. The number of aryl methyl sites for hydroxylation is 5. The fourth-order valence-electron chi connectivity index (χ4n) is 8.48. The van der Waals surface area contributed by atoms with E-state index < -0.39 is 5.97 Å². The summed E-state index contributed by atoms with van der Waals surface area (Å²) in [6, 6.07) is 13.5. The SMILES string of the molecule is COCCn1c(C(=O)O)cc2cc(C(C)C)cc(N3C[C@@H](C)n4c(c(CCCOc5cc(C)c(Cl)c(C)c5)c5ccc(Cl)c(-c6c(C)nn(C)c6C)c54)C3=O)c21. The van der Waals surface area contributed by atoms with E-state index in [9.17, 15) is 9.90 Å². The van der Waals surface area contributed by atoms with Crippen LogP contribution >= 0.6 is 23.2 Å². The lowest BCUT2D eigenvalue weighted by Gasteiger charge is -2.35. The van der Waals surface area contributed by atoms with E-state index in [2.05, 4.69) is 31.4 Å². The van der Waals surface area contributed by atoms with E-state index in [-0.39, 0.29) is 23.6 Å². The second kappa shape index (κ2) is 15.3. The highest BCUT2D eigenvalue weighted by molar-refractivity contribution is 6.35. The summed E-state index contributed by atoms with van der Waals surface area (Å²) in [4.78, 5) is 29.9. The molecule has 3 aromatic carbocycles. The molecule has 0 spiro atoms. The fraction of sp³-hybridized carbons (Fsp3) is 0.386. The third-order valence-corrected chi connectivity index (χ3v) is 12.2. The van der Waals surface area contributed by atoms with Crippen molar-refractivity contribution in [2.45, 2.75) is 79.8 Å². The number of carboxylic acid groups (broad SMARTS) is 1. The third kappa shape index (κ3) is 6.65. The van der Waals surface area contributed by atoms with Crippen LogP contribution in [-0.4, -0.2) is 62.8 Å². The van der Waals surface area contributed by atoms with Gasteiger partial charge in [-0.1, -0.05) is 43.1 Å². The number of benzene rings is 3. The summed E-state index contributed by atoms with van der Waals surface area (Å²) >= 11 is 13.6. The second-order valence-electron chi connectivity index (χ2n) is 15.4. The van der Waals surface area contributed by atoms with Gasteiger partial charge in [0.15, 0.2) is 0 Å². The average molecular weight is 799 g/mol. The van der Waals surface area contributed by atoms with Crippen LogP contribution in [0.1, 0.15) is 93.8 Å². The highest BCUT2D eigenvalue weighted by Gasteiger charge is 2.38. The first-order chi connectivity index (χ1) is 26.6. The normalized spacial score (nSPS) is 14.5. The van der Waals surface area contributed by atoms with Gasteiger partial charge in [-0.25, -0.2) is 4.79 Å². The largest absolute Gasteiger partial charge is 0.494 e. The molecular weight excluding hydrogens is 749 g/mol. The summed E-state index contributed by atoms with van der Waals surface area (Å²) in [5, 5.41) is 18.1. The van der Waals surface area contributed by atoms with E-state index in [1.165, 1.54) is 0 Å². The lowest BCUT2D eigenvalue weighted by molar-refractivity contribution is 0.0683. The van der Waals surface area contributed by atoms with Crippen molar-refractivity contribution in [2.75, 3.05) is 31.8 Å². The number of hydrogen-bond donors (Lipinski definition) is 1. The second-order valence-corrected chi connectivity index (χ2v) is 16.2. The zero-order chi connectivity index (χ0) is 40.3. The number of rotatable bonds is 12. The molecule has 0 unspecified atom stereocenters. The Kier molecular flexibility index (Phi) is 10.8. The first-order valence-electron chi connectivity index (χ1n) is 19.1. The van der Waals surface area contributed by atoms with Crippen LogP contribution in [0.4, 0.5) is 5.69 Å². The van der Waals surface area contributed by atoms with Crippen molar-refractivity contribution < 1.29 is 24.2 Å². The molecule has 4 heterocycles. The highest BCUT2D eigenvalue weighted by atomic mass is 35.5. The van der Waals surface area contributed by atoms with E-state index in [4.69, 9.17) is 37.8 Å². The number of amides is 1. The number of anilines is 1. The van der Waals surface area contributed by atoms with Crippen LogP contribution in [0.3, 0.4) is 0 Å². The monoisotopic (exact) mass is 797 g/mol. The molecule has 1 aliphatic rings. The molecule has 12 heteroatoms. The Morgan fingerprint density at radius 2 is 1.71 bits per heavy atom. The summed E-state index contributed by atoms with van der Waals surface area (Å²) in [5.41, 5.74) is 10.5. The first-order valence-corrected chi connectivity index (χ1v) is 19.9. The number of hydrogen-bond acceptors (Lipinski definition) is 5. The van der Waals surface area contributed by atoms with Crippen molar-refractivity contribution in [1.29, 1.82) is 0 Å². The summed E-state index contributed by atoms with van der Waals surface area (Å²) in [6.07, 6.45) is 1.21. The van der Waals surface area contributed by atoms with E-state index in [0.717, 1.165) is 71.8 Å². The topological polar surface area (TPSA) is 104 Å². The smallest absolute Gasteiger partial charge is 0.352 e. The molecule has 0 saturated heterocycles. The van der Waals surface area contributed by atoms with Crippen molar-refractivity contribution in [3.63, 3.8) is 0 Å². The molecule has 0 radical (unpaired) electrons. The molecule has 10 nitrogen and oxygen atoms in total. The van der Waals surface area contributed by atoms with E-state index in [1.807, 2.05) is 74.7 Å². The van der Waals surface area contributed by atoms with Gasteiger partial charge in [-0.3, -0.25) is 9.48 Å². The fourth-order valence-corrected chi connectivity index (χ4v) is 8.84. The molecule has 0 fully saturated rings. The number of aromatic carboxylic acids is 1. The van der Waals surface area contributed by atoms with E-state index in [1.54, 1.807) is 17.7 Å². The summed E-state index contributed by atoms with van der Waals surface area (Å²) in [7, 11) is 3.52. The van der Waals surface area contributed by atoms with Crippen LogP contribution in [0.25, 0.3) is 32.9 Å². The first kappa shape index (κ1) is 39.5. The van der Waals surface area contributed by atoms with Gasteiger partial charge in [0, 0.05) is 65.9 Å². The number of carboxylic acids is 1. The van der Waals surface area contributed by atoms with Crippen molar-refractivity contribution in [3.8, 4) is 16.9 Å². The molecule has 1 N–H and O–H groups in total. The molecule has 0 aliphatic carbocycles. The Morgan fingerprint density at radius 1 is 1.00 bits per heavy atom. The predicted molar refractivity (Wildman–Crippen MR) is 225 cm³/mol. The number of methoxy groups -OCH3 is 1. The Morgan fingerprint density at radius 3 is 2.34 bits per heavy atom. The van der Waals surface area contributed by atoms with Gasteiger partial charge in [-0.15, -0.1) is 0 Å². The van der Waals surface area contributed by atoms with Crippen LogP contribution in [0.2, 0.25) is 10.0 Å². The zero-order valence-corrected chi connectivity index (χ0v) is 35.0. The molecule has 0 saturated carbocycles. The van der Waals surface area contributed by atoms with Gasteiger partial charge >= 0.3 is 5.97 Å². The Labute approximate surface area is 337 Å². The quantitative estimate of drug-likeness (QED) is 0.124. The highest BCUT2D eigenvalue weighted by Crippen LogP contribution is 2.46. The number of nitrogens with zero attached hydrogens (tertiary/aromatic N) is 5. The summed E-state index contributed by atoms with van der Waals surface area (Å²) in [5.74, 6) is -0.296. The van der Waals surface area contributed by atoms with Gasteiger partial charge in [-0.2, -0.15) is 5.10 Å². The number of fused-ring (bicyclic) bond motifs is 4. The maximum atomic E-state index is 15.4. The Bertz CT molecular complexity index is 2520. The van der Waals surface area contributed by atoms with Gasteiger partial charge in [0.2, 0.25) is 0 Å².